The number of halogens is 2. The van der Waals surface area contributed by atoms with Crippen LogP contribution in [0.1, 0.15) is 36.4 Å². The maximum Gasteiger partial charge on any atom is 0.229 e. The van der Waals surface area contributed by atoms with E-state index in [1.54, 1.807) is 6.20 Å². The van der Waals surface area contributed by atoms with Crippen molar-refractivity contribution in [3.05, 3.63) is 35.1 Å². The fraction of sp³-hybridized carbons (Fsp3) is 0.522. The van der Waals surface area contributed by atoms with Crippen LogP contribution in [0.2, 0.25) is 0 Å². The molecule has 3 aromatic rings. The van der Waals surface area contributed by atoms with Gasteiger partial charge in [-0.05, 0) is 50.8 Å². The van der Waals surface area contributed by atoms with Crippen molar-refractivity contribution in [2.24, 2.45) is 0 Å². The van der Waals surface area contributed by atoms with Gasteiger partial charge < -0.3 is 10.2 Å². The van der Waals surface area contributed by atoms with Crippen molar-refractivity contribution in [2.75, 3.05) is 13.3 Å². The number of rotatable bonds is 7. The second-order valence-corrected chi connectivity index (χ2v) is 10.1. The first kappa shape index (κ1) is 22.2. The molecule has 0 spiro atoms. The third-order valence-electron chi connectivity index (χ3n) is 6.57. The van der Waals surface area contributed by atoms with Crippen molar-refractivity contribution in [3.63, 3.8) is 0 Å². The van der Waals surface area contributed by atoms with Crippen LogP contribution < -0.4 is 5.32 Å². The normalized spacial score (nSPS) is 22.4. The Kier molecular flexibility index (Phi) is 6.29. The summed E-state index contributed by atoms with van der Waals surface area (Å²) in [5, 5.41) is 13.9. The molecule has 0 aliphatic carbocycles. The molecule has 0 radical (unpaired) electrons. The largest absolute Gasteiger partial charge is 0.336 e. The number of aryl methyl sites for hydroxylation is 1. The van der Waals surface area contributed by atoms with Gasteiger partial charge in [0.15, 0.2) is 5.01 Å². The summed E-state index contributed by atoms with van der Waals surface area (Å²) in [6.45, 7) is 0.475. The molecule has 1 N–H and O–H groups in total. The van der Waals surface area contributed by atoms with Crippen LogP contribution in [0.25, 0.3) is 21.6 Å². The van der Waals surface area contributed by atoms with Crippen LogP contribution in [0.5, 0.6) is 0 Å². The minimum atomic E-state index is -0.750. The summed E-state index contributed by atoms with van der Waals surface area (Å²) in [6, 6.07) is 5.24. The molecule has 2 aliphatic rings. The van der Waals surface area contributed by atoms with Gasteiger partial charge in [0.2, 0.25) is 5.91 Å². The van der Waals surface area contributed by atoms with E-state index in [1.807, 2.05) is 30.0 Å². The molecule has 3 aromatic heterocycles. The summed E-state index contributed by atoms with van der Waals surface area (Å²) in [7, 11) is 0. The number of pyridine rings is 2. The lowest BCUT2D eigenvalue weighted by Gasteiger charge is -2.40. The van der Waals surface area contributed by atoms with Gasteiger partial charge in [0.05, 0.1) is 23.7 Å². The van der Waals surface area contributed by atoms with Gasteiger partial charge in [-0.1, -0.05) is 11.3 Å². The second kappa shape index (κ2) is 9.34. The van der Waals surface area contributed by atoms with Crippen LogP contribution >= 0.6 is 11.3 Å². The van der Waals surface area contributed by atoms with E-state index < -0.39 is 19.4 Å². The predicted molar refractivity (Wildman–Crippen MR) is 122 cm³/mol. The molecular formula is C23H26F2N6OS. The maximum atomic E-state index is 13.2. The summed E-state index contributed by atoms with van der Waals surface area (Å²) in [5.74, 6) is 0.0521. The first-order valence-electron chi connectivity index (χ1n) is 11.3. The standard InChI is InChI=1S/C23H26F2N6OS/c1-13-29-30-23(33-13)20-5-2-14-12-26-15(8-21(14)28-20)9-22(32)31-18-3-4-19(31)7-16(6-18)27-17(10-24)11-25/h2,5,8,12,16-19,27H,3-4,6-7,9-11H2,1H3/t16?,18-,19+. The van der Waals surface area contributed by atoms with E-state index in [0.29, 0.717) is 5.69 Å². The number of carbonyl (C=O) groups excluding carboxylic acids is 1. The molecule has 2 aliphatic heterocycles. The summed E-state index contributed by atoms with van der Waals surface area (Å²) in [4.78, 5) is 24.4. The molecule has 2 bridgehead atoms. The van der Waals surface area contributed by atoms with Crippen LogP contribution in [-0.4, -0.2) is 68.5 Å². The molecule has 0 saturated carbocycles. The molecule has 174 valence electrons. The van der Waals surface area contributed by atoms with Gasteiger partial charge in [0.1, 0.15) is 24.1 Å². The van der Waals surface area contributed by atoms with Crippen LogP contribution in [-0.2, 0) is 11.2 Å². The number of hydrogen-bond donors (Lipinski definition) is 1. The maximum absolute atomic E-state index is 13.2. The predicted octanol–water partition coefficient (Wildman–Crippen LogP) is 3.42. The molecule has 2 saturated heterocycles. The van der Waals surface area contributed by atoms with E-state index >= 15 is 0 Å². The zero-order valence-corrected chi connectivity index (χ0v) is 19.2. The van der Waals surface area contributed by atoms with E-state index in [4.69, 9.17) is 4.98 Å². The zero-order chi connectivity index (χ0) is 22.9. The quantitative estimate of drug-likeness (QED) is 0.567. The first-order chi connectivity index (χ1) is 16.0. The second-order valence-electron chi connectivity index (χ2n) is 8.89. The Morgan fingerprint density at radius 1 is 1.21 bits per heavy atom. The lowest BCUT2D eigenvalue weighted by Crippen LogP contribution is -2.54. The van der Waals surface area contributed by atoms with Gasteiger partial charge in [-0.25, -0.2) is 13.8 Å². The highest BCUT2D eigenvalue weighted by atomic mass is 32.1. The van der Waals surface area contributed by atoms with E-state index in [1.165, 1.54) is 11.3 Å². The van der Waals surface area contributed by atoms with Crippen LogP contribution in [0, 0.1) is 6.92 Å². The lowest BCUT2D eigenvalue weighted by molar-refractivity contribution is -0.135. The number of amides is 1. The Balaban J connectivity index is 1.29. The minimum absolute atomic E-state index is 0.0495. The third kappa shape index (κ3) is 4.59. The smallest absolute Gasteiger partial charge is 0.229 e. The number of carbonyl (C=O) groups is 1. The molecule has 0 aromatic carbocycles. The molecule has 2 fully saturated rings. The van der Waals surface area contributed by atoms with E-state index in [2.05, 4.69) is 20.5 Å². The average molecular weight is 473 g/mol. The van der Waals surface area contributed by atoms with E-state index in [-0.39, 0.29) is 30.5 Å². The topological polar surface area (TPSA) is 83.9 Å². The summed E-state index contributed by atoms with van der Waals surface area (Å²) < 4.78 is 25.8. The van der Waals surface area contributed by atoms with Gasteiger partial charge in [0, 0.05) is 29.7 Å². The Hall–Kier alpha value is -2.59. The highest BCUT2D eigenvalue weighted by Gasteiger charge is 2.43. The summed E-state index contributed by atoms with van der Waals surface area (Å²) in [5.41, 5.74) is 2.21. The minimum Gasteiger partial charge on any atom is -0.336 e. The summed E-state index contributed by atoms with van der Waals surface area (Å²) >= 11 is 1.49. The van der Waals surface area contributed by atoms with Crippen molar-refractivity contribution in [1.29, 1.82) is 0 Å². The fourth-order valence-electron chi connectivity index (χ4n) is 5.10. The number of hydrogen-bond acceptors (Lipinski definition) is 7. The number of piperidine rings is 1. The molecule has 7 nitrogen and oxygen atoms in total. The van der Waals surface area contributed by atoms with Crippen LogP contribution in [0.3, 0.4) is 0 Å². The Morgan fingerprint density at radius 3 is 2.64 bits per heavy atom. The van der Waals surface area contributed by atoms with Crippen LogP contribution in [0.15, 0.2) is 24.4 Å². The fourth-order valence-corrected chi connectivity index (χ4v) is 5.77. The van der Waals surface area contributed by atoms with Gasteiger partial charge in [-0.3, -0.25) is 9.78 Å². The number of aromatic nitrogens is 4. The Labute approximate surface area is 194 Å². The Morgan fingerprint density at radius 2 is 1.97 bits per heavy atom. The van der Waals surface area contributed by atoms with E-state index in [9.17, 15) is 13.6 Å². The lowest BCUT2D eigenvalue weighted by atomic mass is 9.96. The Bertz CT molecular complexity index is 1140. The van der Waals surface area contributed by atoms with Crippen molar-refractivity contribution in [2.45, 2.75) is 63.2 Å². The SMILES string of the molecule is Cc1nnc(-c2ccc3cnc(CC(=O)N4[C@@H]5CC[C@H]4CC(NC(CF)CF)C5)cc3n2)s1. The molecule has 1 unspecified atom stereocenters. The van der Waals surface area contributed by atoms with Gasteiger partial charge in [0.25, 0.3) is 0 Å². The van der Waals surface area contributed by atoms with Crippen molar-refractivity contribution in [3.8, 4) is 10.7 Å². The number of alkyl halides is 2. The number of nitrogens with one attached hydrogen (secondary N) is 1. The molecule has 1 amide bonds. The van der Waals surface area contributed by atoms with Gasteiger partial charge in [-0.15, -0.1) is 10.2 Å². The monoisotopic (exact) mass is 472 g/mol. The van der Waals surface area contributed by atoms with Crippen molar-refractivity contribution < 1.29 is 13.6 Å². The number of nitrogens with zero attached hydrogens (tertiary/aromatic N) is 5. The highest BCUT2D eigenvalue weighted by molar-refractivity contribution is 7.14. The van der Waals surface area contributed by atoms with Crippen LogP contribution in [0.4, 0.5) is 8.78 Å². The molecule has 10 heteroatoms. The van der Waals surface area contributed by atoms with Gasteiger partial charge in [-0.2, -0.15) is 0 Å². The molecule has 5 heterocycles. The first-order valence-corrected chi connectivity index (χ1v) is 12.1. The third-order valence-corrected chi connectivity index (χ3v) is 7.43. The van der Waals surface area contributed by atoms with Gasteiger partial charge >= 0.3 is 0 Å². The highest BCUT2D eigenvalue weighted by Crippen LogP contribution is 2.36. The zero-order valence-electron chi connectivity index (χ0n) is 18.4. The van der Waals surface area contributed by atoms with E-state index in [0.717, 1.165) is 52.3 Å². The van der Waals surface area contributed by atoms with Crippen molar-refractivity contribution >= 4 is 28.1 Å². The van der Waals surface area contributed by atoms with Crippen molar-refractivity contribution in [1.82, 2.24) is 30.4 Å². The molecule has 33 heavy (non-hydrogen) atoms. The molecular weight excluding hydrogens is 446 g/mol. The summed E-state index contributed by atoms with van der Waals surface area (Å²) in [6.07, 6.45) is 5.29. The molecule has 3 atom stereocenters. The number of fused-ring (bicyclic) bond motifs is 3. The molecule has 5 rings (SSSR count). The average Bonchev–Trinajstić information content (AvgIpc) is 3.37.